The van der Waals surface area contributed by atoms with Gasteiger partial charge < -0.3 is 10.2 Å². The standard InChI is InChI=1S/C23H30BrN3O4S/c1-4-5-14-25-23(29)18(2)26(16-19-10-7-6-8-11-19)22(28)17-27(32(3,30)31)21-13-9-12-20(24)15-21/h6-13,15,18H,4-5,14,16-17H2,1-3H3,(H,25,29)/t18-/m0/s1. The van der Waals surface area contributed by atoms with Gasteiger partial charge in [0.25, 0.3) is 0 Å². The lowest BCUT2D eigenvalue weighted by Crippen LogP contribution is -2.51. The Hall–Kier alpha value is -2.39. The minimum Gasteiger partial charge on any atom is -0.354 e. The molecule has 1 atom stereocenters. The van der Waals surface area contributed by atoms with Gasteiger partial charge in [0.2, 0.25) is 21.8 Å². The number of unbranched alkanes of at least 4 members (excludes halogenated alkanes) is 1. The van der Waals surface area contributed by atoms with Crippen LogP contribution in [0.3, 0.4) is 0 Å². The highest BCUT2D eigenvalue weighted by Gasteiger charge is 2.30. The van der Waals surface area contributed by atoms with Gasteiger partial charge in [-0.2, -0.15) is 0 Å². The van der Waals surface area contributed by atoms with Crippen molar-refractivity contribution in [2.45, 2.75) is 39.3 Å². The van der Waals surface area contributed by atoms with Gasteiger partial charge >= 0.3 is 0 Å². The van der Waals surface area contributed by atoms with E-state index in [1.807, 2.05) is 37.3 Å². The molecule has 0 aliphatic heterocycles. The Morgan fingerprint density at radius 3 is 2.38 bits per heavy atom. The van der Waals surface area contributed by atoms with Crippen LogP contribution >= 0.6 is 15.9 Å². The van der Waals surface area contributed by atoms with E-state index in [9.17, 15) is 18.0 Å². The van der Waals surface area contributed by atoms with Crippen molar-refractivity contribution in [3.05, 3.63) is 64.6 Å². The van der Waals surface area contributed by atoms with Crippen molar-refractivity contribution in [2.75, 3.05) is 23.7 Å². The Morgan fingerprint density at radius 1 is 1.09 bits per heavy atom. The second-order valence-electron chi connectivity index (χ2n) is 7.58. The molecule has 0 aliphatic carbocycles. The van der Waals surface area contributed by atoms with E-state index in [-0.39, 0.29) is 12.5 Å². The van der Waals surface area contributed by atoms with Crippen LogP contribution in [0.2, 0.25) is 0 Å². The highest BCUT2D eigenvalue weighted by atomic mass is 79.9. The number of halogens is 1. The van der Waals surface area contributed by atoms with E-state index in [1.54, 1.807) is 31.2 Å². The van der Waals surface area contributed by atoms with Gasteiger partial charge in [0, 0.05) is 17.6 Å². The Balaban J connectivity index is 2.31. The first-order valence-corrected chi connectivity index (χ1v) is 13.1. The normalized spacial score (nSPS) is 12.1. The maximum Gasteiger partial charge on any atom is 0.244 e. The predicted molar refractivity (Wildman–Crippen MR) is 131 cm³/mol. The van der Waals surface area contributed by atoms with Gasteiger partial charge in [-0.25, -0.2) is 8.42 Å². The zero-order valence-electron chi connectivity index (χ0n) is 18.6. The van der Waals surface area contributed by atoms with Crippen molar-refractivity contribution >= 4 is 43.5 Å². The lowest BCUT2D eigenvalue weighted by molar-refractivity contribution is -0.139. The van der Waals surface area contributed by atoms with Crippen molar-refractivity contribution in [2.24, 2.45) is 0 Å². The zero-order valence-corrected chi connectivity index (χ0v) is 21.0. The number of nitrogens with one attached hydrogen (secondary N) is 1. The highest BCUT2D eigenvalue weighted by Crippen LogP contribution is 2.23. The summed E-state index contributed by atoms with van der Waals surface area (Å²) in [7, 11) is -3.74. The average Bonchev–Trinajstić information content (AvgIpc) is 2.75. The van der Waals surface area contributed by atoms with Crippen molar-refractivity contribution in [1.29, 1.82) is 0 Å². The molecule has 1 N–H and O–H groups in total. The van der Waals surface area contributed by atoms with Crippen LogP contribution in [0, 0.1) is 0 Å². The lowest BCUT2D eigenvalue weighted by atomic mass is 10.1. The van der Waals surface area contributed by atoms with Gasteiger partial charge in [0.15, 0.2) is 0 Å². The molecule has 0 fully saturated rings. The summed E-state index contributed by atoms with van der Waals surface area (Å²) < 4.78 is 26.7. The smallest absolute Gasteiger partial charge is 0.244 e. The van der Waals surface area contributed by atoms with Crippen LogP contribution in [0.5, 0.6) is 0 Å². The monoisotopic (exact) mass is 523 g/mol. The van der Waals surface area contributed by atoms with E-state index in [1.165, 1.54) is 4.90 Å². The summed E-state index contributed by atoms with van der Waals surface area (Å²) in [5.74, 6) is -0.728. The molecule has 0 aliphatic rings. The van der Waals surface area contributed by atoms with Crippen LogP contribution in [-0.2, 0) is 26.2 Å². The molecule has 2 rings (SSSR count). The fourth-order valence-corrected chi connectivity index (χ4v) is 4.37. The summed E-state index contributed by atoms with van der Waals surface area (Å²) in [6, 6.07) is 15.3. The van der Waals surface area contributed by atoms with Gasteiger partial charge in [-0.1, -0.05) is 65.7 Å². The van der Waals surface area contributed by atoms with Crippen LogP contribution in [-0.4, -0.2) is 50.5 Å². The molecule has 0 saturated heterocycles. The van der Waals surface area contributed by atoms with Crippen LogP contribution in [0.25, 0.3) is 0 Å². The second kappa shape index (κ2) is 12.0. The van der Waals surface area contributed by atoms with Crippen molar-refractivity contribution < 1.29 is 18.0 Å². The Bertz CT molecular complexity index is 1010. The van der Waals surface area contributed by atoms with Crippen LogP contribution < -0.4 is 9.62 Å². The van der Waals surface area contributed by atoms with E-state index in [2.05, 4.69) is 21.2 Å². The van der Waals surface area contributed by atoms with Gasteiger partial charge in [-0.15, -0.1) is 0 Å². The number of hydrogen-bond acceptors (Lipinski definition) is 4. The zero-order chi connectivity index (χ0) is 23.7. The number of carbonyl (C=O) groups is 2. The van der Waals surface area contributed by atoms with E-state index in [0.717, 1.165) is 29.0 Å². The number of amides is 2. The third-order valence-electron chi connectivity index (χ3n) is 4.97. The first-order valence-electron chi connectivity index (χ1n) is 10.5. The summed E-state index contributed by atoms with van der Waals surface area (Å²) in [5.41, 5.74) is 1.22. The van der Waals surface area contributed by atoms with Crippen LogP contribution in [0.1, 0.15) is 32.3 Å². The number of benzene rings is 2. The second-order valence-corrected chi connectivity index (χ2v) is 10.4. The molecule has 0 saturated carbocycles. The van der Waals surface area contributed by atoms with Gasteiger partial charge in [0.05, 0.1) is 11.9 Å². The summed E-state index contributed by atoms with van der Waals surface area (Å²) in [5, 5.41) is 2.86. The van der Waals surface area contributed by atoms with E-state index >= 15 is 0 Å². The average molecular weight is 524 g/mol. The van der Waals surface area contributed by atoms with Gasteiger partial charge in [-0.05, 0) is 37.1 Å². The molecule has 2 amide bonds. The summed E-state index contributed by atoms with van der Waals surface area (Å²) in [4.78, 5) is 27.5. The maximum atomic E-state index is 13.4. The van der Waals surface area contributed by atoms with E-state index < -0.39 is 28.5 Å². The van der Waals surface area contributed by atoms with E-state index in [4.69, 9.17) is 0 Å². The molecule has 0 bridgehead atoms. The first-order chi connectivity index (χ1) is 15.1. The molecule has 0 radical (unpaired) electrons. The number of nitrogens with zero attached hydrogens (tertiary/aromatic N) is 2. The molecule has 2 aromatic carbocycles. The topological polar surface area (TPSA) is 86.8 Å². The maximum absolute atomic E-state index is 13.4. The Kier molecular flexibility index (Phi) is 9.71. The fourth-order valence-electron chi connectivity index (χ4n) is 3.14. The van der Waals surface area contributed by atoms with Crippen molar-refractivity contribution in [3.8, 4) is 0 Å². The third-order valence-corrected chi connectivity index (χ3v) is 6.60. The van der Waals surface area contributed by atoms with Crippen molar-refractivity contribution in [1.82, 2.24) is 10.2 Å². The molecule has 174 valence electrons. The number of sulfonamides is 1. The summed E-state index contributed by atoms with van der Waals surface area (Å²) in [6.07, 6.45) is 2.84. The molecule has 0 unspecified atom stereocenters. The van der Waals surface area contributed by atoms with Gasteiger partial charge in [0.1, 0.15) is 12.6 Å². The molecule has 7 nitrogen and oxygen atoms in total. The van der Waals surface area contributed by atoms with Crippen molar-refractivity contribution in [3.63, 3.8) is 0 Å². The molecule has 0 aromatic heterocycles. The Morgan fingerprint density at radius 2 is 1.78 bits per heavy atom. The number of anilines is 1. The van der Waals surface area contributed by atoms with Gasteiger partial charge in [-0.3, -0.25) is 13.9 Å². The largest absolute Gasteiger partial charge is 0.354 e. The quantitative estimate of drug-likeness (QED) is 0.456. The predicted octanol–water partition coefficient (Wildman–Crippen LogP) is 3.55. The Labute approximate surface area is 199 Å². The third kappa shape index (κ3) is 7.63. The number of rotatable bonds is 11. The minimum atomic E-state index is -3.74. The highest BCUT2D eigenvalue weighted by molar-refractivity contribution is 9.10. The van der Waals surface area contributed by atoms with Crippen LogP contribution in [0.4, 0.5) is 5.69 Å². The lowest BCUT2D eigenvalue weighted by Gasteiger charge is -2.31. The molecule has 2 aromatic rings. The first kappa shape index (κ1) is 25.9. The van der Waals surface area contributed by atoms with Crippen LogP contribution in [0.15, 0.2) is 59.1 Å². The molecule has 0 heterocycles. The molecule has 0 spiro atoms. The summed E-state index contributed by atoms with van der Waals surface area (Å²) in [6.45, 7) is 4.00. The minimum absolute atomic E-state index is 0.193. The molecular formula is C23H30BrN3O4S. The molecular weight excluding hydrogens is 494 g/mol. The van der Waals surface area contributed by atoms with E-state index in [0.29, 0.717) is 16.7 Å². The number of carbonyl (C=O) groups excluding carboxylic acids is 2. The SMILES string of the molecule is CCCCNC(=O)[C@H](C)N(Cc1ccccc1)C(=O)CN(c1cccc(Br)c1)S(C)(=O)=O. The fraction of sp³-hybridized carbons (Fsp3) is 0.391. The summed E-state index contributed by atoms with van der Waals surface area (Å²) >= 11 is 3.34. The molecule has 32 heavy (non-hydrogen) atoms. The molecule has 9 heteroatoms. The number of hydrogen-bond donors (Lipinski definition) is 1.